The maximum absolute atomic E-state index is 10.8. The fourth-order valence-electron chi connectivity index (χ4n) is 0.644. The number of ether oxygens (including phenoxy) is 1. The smallest absolute Gasteiger partial charge is 0.350 e. The maximum Gasteiger partial charge on any atom is 0.350 e. The van der Waals surface area contributed by atoms with E-state index in [0.717, 1.165) is 6.08 Å². The average molecular weight is 299 g/mol. The molecule has 10 heteroatoms. The number of hydrogen-bond acceptors (Lipinski definition) is 7. The third-order valence-electron chi connectivity index (χ3n) is 1.25. The number of rotatable bonds is 2. The van der Waals surface area contributed by atoms with E-state index in [2.05, 4.69) is 19.8 Å². The lowest BCUT2D eigenvalue weighted by Gasteiger charge is -1.94. The van der Waals surface area contributed by atoms with Crippen LogP contribution in [-0.2, 0) is 18.8 Å². The van der Waals surface area contributed by atoms with Crippen molar-refractivity contribution < 1.29 is 22.7 Å². The van der Waals surface area contributed by atoms with E-state index < -0.39 is 9.24 Å². The van der Waals surface area contributed by atoms with Gasteiger partial charge in [-0.2, -0.15) is 8.42 Å². The molecule has 17 heavy (non-hydrogen) atoms. The molecule has 0 aliphatic heterocycles. The zero-order valence-electron chi connectivity index (χ0n) is 8.41. The maximum atomic E-state index is 10.8. The second-order valence-corrected chi connectivity index (χ2v) is 5.41. The lowest BCUT2D eigenvalue weighted by molar-refractivity contribution is 0.0602. The zero-order chi connectivity index (χ0) is 13.5. The topological polar surface area (TPSA) is 116 Å². The van der Waals surface area contributed by atoms with Gasteiger partial charge in [0.15, 0.2) is 0 Å². The highest BCUT2D eigenvalue weighted by atomic mass is 35.7. The summed E-state index contributed by atoms with van der Waals surface area (Å²) in [5.74, 6) is -0.376. The Hall–Kier alpha value is -1.41. The Morgan fingerprint density at radius 1 is 1.65 bits per heavy atom. The van der Waals surface area contributed by atoms with Crippen LogP contribution in [-0.4, -0.2) is 27.6 Å². The van der Waals surface area contributed by atoms with Crippen LogP contribution in [0.2, 0.25) is 0 Å². The number of thiophene rings is 1. The highest BCUT2D eigenvalue weighted by Gasteiger charge is 2.09. The molecular formula is C7H7ClN2O5S2. The number of carbonyl (C=O) groups is 1. The molecule has 0 spiro atoms. The molecule has 0 bridgehead atoms. The number of nitrogens with zero attached hydrogens (tertiary/aromatic N) is 1. The number of methoxy groups -OCH3 is 1. The Morgan fingerprint density at radius 3 is 2.47 bits per heavy atom. The summed E-state index contributed by atoms with van der Waals surface area (Å²) in [4.78, 5) is 19.9. The number of isocyanates is 1. The van der Waals surface area contributed by atoms with Gasteiger partial charge in [0.2, 0.25) is 0 Å². The van der Waals surface area contributed by atoms with E-state index >= 15 is 0 Å². The van der Waals surface area contributed by atoms with E-state index in [1.54, 1.807) is 11.4 Å². The molecule has 0 aliphatic rings. The molecule has 2 N–H and O–H groups in total. The SMILES string of the molecule is COC(=O)c1ccsc1N.O=C=NS(=O)(=O)Cl. The lowest BCUT2D eigenvalue weighted by atomic mass is 10.3. The van der Waals surface area contributed by atoms with Crippen molar-refractivity contribution in [1.82, 2.24) is 0 Å². The molecule has 0 fully saturated rings. The number of hydrogen-bond donors (Lipinski definition) is 1. The predicted octanol–water partition coefficient (Wildman–Crippen LogP) is 0.923. The van der Waals surface area contributed by atoms with Crippen LogP contribution in [0, 0.1) is 0 Å². The summed E-state index contributed by atoms with van der Waals surface area (Å²) in [6, 6.07) is 1.64. The Kier molecular flexibility index (Phi) is 6.44. The molecule has 1 aromatic rings. The largest absolute Gasteiger partial charge is 0.465 e. The average Bonchev–Trinajstić information content (AvgIpc) is 2.62. The number of esters is 1. The summed E-state index contributed by atoms with van der Waals surface area (Å²) in [5.41, 5.74) is 5.89. The molecule has 1 rings (SSSR count). The summed E-state index contributed by atoms with van der Waals surface area (Å²) in [7, 11) is 1.71. The van der Waals surface area contributed by atoms with E-state index in [1.807, 2.05) is 0 Å². The van der Waals surface area contributed by atoms with Crippen LogP contribution in [0.15, 0.2) is 15.8 Å². The Balaban J connectivity index is 0.000000325. The molecule has 1 aromatic heterocycles. The number of carbonyl (C=O) groups excluding carboxylic acids is 2. The van der Waals surface area contributed by atoms with Gasteiger partial charge in [0.1, 0.15) is 5.00 Å². The molecule has 0 saturated carbocycles. The van der Waals surface area contributed by atoms with Gasteiger partial charge in [0.05, 0.1) is 12.7 Å². The van der Waals surface area contributed by atoms with Crippen molar-refractivity contribution in [3.05, 3.63) is 17.0 Å². The highest BCUT2D eigenvalue weighted by Crippen LogP contribution is 2.19. The van der Waals surface area contributed by atoms with Crippen molar-refractivity contribution in [3.8, 4) is 0 Å². The molecule has 94 valence electrons. The first-order chi connectivity index (χ1) is 7.81. The molecule has 7 nitrogen and oxygen atoms in total. The van der Waals surface area contributed by atoms with E-state index in [1.165, 1.54) is 18.4 Å². The van der Waals surface area contributed by atoms with Gasteiger partial charge < -0.3 is 10.5 Å². The molecule has 0 saturated heterocycles. The molecule has 0 unspecified atom stereocenters. The molecule has 0 amide bonds. The summed E-state index contributed by atoms with van der Waals surface area (Å²) < 4.78 is 25.8. The number of nitrogens with two attached hydrogens (primary N) is 1. The first-order valence-corrected chi connectivity index (χ1v) is 6.91. The van der Waals surface area contributed by atoms with Crippen LogP contribution in [0.1, 0.15) is 10.4 Å². The predicted molar refractivity (Wildman–Crippen MR) is 63.0 cm³/mol. The standard InChI is InChI=1S/C6H7NO2S.CClNO3S/c1-9-6(8)4-2-3-10-5(4)7;2-7(5,6)3-1-4/h2-3H,7H2,1H3;. The quantitative estimate of drug-likeness (QED) is 0.376. The van der Waals surface area contributed by atoms with Crippen LogP contribution in [0.3, 0.4) is 0 Å². The van der Waals surface area contributed by atoms with Crippen LogP contribution < -0.4 is 5.73 Å². The van der Waals surface area contributed by atoms with E-state index in [9.17, 15) is 13.2 Å². The van der Waals surface area contributed by atoms with Gasteiger partial charge in [0.25, 0.3) is 6.08 Å². The normalized spacial score (nSPS) is 9.53. The third-order valence-corrected chi connectivity index (χ3v) is 2.49. The fourth-order valence-corrected chi connectivity index (χ4v) is 1.45. The van der Waals surface area contributed by atoms with E-state index in [4.69, 9.17) is 10.5 Å². The first kappa shape index (κ1) is 15.6. The Morgan fingerprint density at radius 2 is 2.24 bits per heavy atom. The fraction of sp³-hybridized carbons (Fsp3) is 0.143. The van der Waals surface area contributed by atoms with Crippen molar-refractivity contribution in [3.63, 3.8) is 0 Å². The Labute approximate surface area is 105 Å². The number of halogens is 1. The first-order valence-electron chi connectivity index (χ1n) is 3.76. The van der Waals surface area contributed by atoms with Gasteiger partial charge in [0, 0.05) is 10.7 Å². The van der Waals surface area contributed by atoms with Crippen LogP contribution in [0.5, 0.6) is 0 Å². The summed E-state index contributed by atoms with van der Waals surface area (Å²) >= 11 is 1.33. The van der Waals surface area contributed by atoms with Crippen molar-refractivity contribution in [2.75, 3.05) is 12.8 Å². The summed E-state index contributed by atoms with van der Waals surface area (Å²) in [6.07, 6.45) is 0.763. The lowest BCUT2D eigenvalue weighted by Crippen LogP contribution is -2.01. The Bertz CT molecular complexity index is 532. The van der Waals surface area contributed by atoms with E-state index in [-0.39, 0.29) is 5.97 Å². The molecular weight excluding hydrogens is 292 g/mol. The number of anilines is 1. The van der Waals surface area contributed by atoms with Gasteiger partial charge in [-0.15, -0.1) is 11.3 Å². The second kappa shape index (κ2) is 7.02. The van der Waals surface area contributed by atoms with Crippen LogP contribution in [0.4, 0.5) is 5.00 Å². The molecule has 0 radical (unpaired) electrons. The number of nitrogen functional groups attached to an aromatic ring is 1. The minimum absolute atomic E-state index is 0.376. The van der Waals surface area contributed by atoms with E-state index in [0.29, 0.717) is 10.6 Å². The second-order valence-electron chi connectivity index (χ2n) is 2.28. The molecule has 0 atom stereocenters. The minimum atomic E-state index is -4.00. The summed E-state index contributed by atoms with van der Waals surface area (Å²) in [5, 5.41) is 2.26. The molecule has 1 heterocycles. The van der Waals surface area contributed by atoms with Gasteiger partial charge >= 0.3 is 15.2 Å². The van der Waals surface area contributed by atoms with Crippen LogP contribution in [0.25, 0.3) is 0 Å². The van der Waals surface area contributed by atoms with Crippen LogP contribution >= 0.6 is 22.0 Å². The van der Waals surface area contributed by atoms with Crippen molar-refractivity contribution >= 4 is 48.3 Å². The van der Waals surface area contributed by atoms with Gasteiger partial charge in [-0.1, -0.05) is 4.40 Å². The summed E-state index contributed by atoms with van der Waals surface area (Å²) in [6.45, 7) is 0. The molecule has 0 aliphatic carbocycles. The van der Waals surface area contributed by atoms with Gasteiger partial charge in [-0.3, -0.25) is 0 Å². The van der Waals surface area contributed by atoms with Crippen molar-refractivity contribution in [2.45, 2.75) is 0 Å². The van der Waals surface area contributed by atoms with Gasteiger partial charge in [-0.05, 0) is 11.4 Å². The monoisotopic (exact) mass is 298 g/mol. The van der Waals surface area contributed by atoms with Crippen molar-refractivity contribution in [1.29, 1.82) is 0 Å². The van der Waals surface area contributed by atoms with Gasteiger partial charge in [-0.25, -0.2) is 9.59 Å². The molecule has 0 aromatic carbocycles. The highest BCUT2D eigenvalue weighted by molar-refractivity contribution is 8.12. The zero-order valence-corrected chi connectivity index (χ0v) is 10.8. The third kappa shape index (κ3) is 6.69. The minimum Gasteiger partial charge on any atom is -0.465 e. The van der Waals surface area contributed by atoms with Crippen molar-refractivity contribution in [2.24, 2.45) is 4.40 Å².